The molecule has 0 radical (unpaired) electrons. The van der Waals surface area contributed by atoms with Gasteiger partial charge in [0.2, 0.25) is 0 Å². The highest BCUT2D eigenvalue weighted by Crippen LogP contribution is 2.35. The van der Waals surface area contributed by atoms with Gasteiger partial charge in [0.15, 0.2) is 5.78 Å². The molecule has 2 bridgehead atoms. The molecule has 0 aromatic heterocycles. The third-order valence-corrected chi connectivity index (χ3v) is 3.99. The minimum Gasteiger partial charge on any atom is -0.406 e. The van der Waals surface area contributed by atoms with E-state index in [-0.39, 0.29) is 29.1 Å². The molecule has 0 spiro atoms. The maximum atomic E-state index is 12.4. The smallest absolute Gasteiger partial charge is 0.406 e. The maximum Gasteiger partial charge on any atom is 0.573 e. The molecule has 1 N–H and O–H groups in total. The molecule has 1 aromatic rings. The number of ketones is 1. The van der Waals surface area contributed by atoms with Crippen molar-refractivity contribution in [2.75, 3.05) is 0 Å². The van der Waals surface area contributed by atoms with E-state index in [0.717, 1.165) is 19.3 Å². The van der Waals surface area contributed by atoms with E-state index in [1.165, 1.54) is 24.3 Å². The summed E-state index contributed by atoms with van der Waals surface area (Å²) in [6.07, 6.45) is -1.94. The summed E-state index contributed by atoms with van der Waals surface area (Å²) in [7, 11) is 0. The molecule has 6 heteroatoms. The van der Waals surface area contributed by atoms with Crippen molar-refractivity contribution in [3.05, 3.63) is 29.8 Å². The second-order valence-corrected chi connectivity index (χ2v) is 5.33. The molecule has 3 nitrogen and oxygen atoms in total. The van der Waals surface area contributed by atoms with E-state index in [1.54, 1.807) is 0 Å². The van der Waals surface area contributed by atoms with Crippen LogP contribution in [0, 0.1) is 5.92 Å². The molecule has 20 heavy (non-hydrogen) atoms. The average Bonchev–Trinajstić information content (AvgIpc) is 2.98. The second kappa shape index (κ2) is 4.77. The Hall–Kier alpha value is -1.56. The van der Waals surface area contributed by atoms with Gasteiger partial charge in [-0.3, -0.25) is 4.79 Å². The molecule has 3 rings (SSSR count). The fourth-order valence-corrected chi connectivity index (χ4v) is 3.17. The zero-order valence-corrected chi connectivity index (χ0v) is 10.6. The normalized spacial score (nSPS) is 28.6. The van der Waals surface area contributed by atoms with Crippen LogP contribution in [-0.2, 0) is 0 Å². The van der Waals surface area contributed by atoms with E-state index < -0.39 is 6.36 Å². The van der Waals surface area contributed by atoms with Gasteiger partial charge in [-0.25, -0.2) is 0 Å². The van der Waals surface area contributed by atoms with Gasteiger partial charge < -0.3 is 10.1 Å². The van der Waals surface area contributed by atoms with Crippen LogP contribution in [0.3, 0.4) is 0 Å². The maximum absolute atomic E-state index is 12.4. The van der Waals surface area contributed by atoms with E-state index in [2.05, 4.69) is 10.1 Å². The zero-order valence-electron chi connectivity index (χ0n) is 10.6. The number of fused-ring (bicyclic) bond motifs is 2. The molecule has 0 saturated carbocycles. The van der Waals surface area contributed by atoms with E-state index in [1.807, 2.05) is 0 Å². The monoisotopic (exact) mass is 285 g/mol. The molecule has 0 amide bonds. The van der Waals surface area contributed by atoms with Gasteiger partial charge in [0, 0.05) is 23.6 Å². The molecule has 2 fully saturated rings. The minimum absolute atomic E-state index is 0.0997. The quantitative estimate of drug-likeness (QED) is 0.868. The Morgan fingerprint density at radius 2 is 2.10 bits per heavy atom. The number of nitrogens with one attached hydrogen (secondary N) is 1. The summed E-state index contributed by atoms with van der Waals surface area (Å²) in [4.78, 5) is 12.4. The highest BCUT2D eigenvalue weighted by atomic mass is 19.4. The predicted octanol–water partition coefficient (Wildman–Crippen LogP) is 2.91. The standard InChI is InChI=1S/C14H14F3NO2/c15-14(16,17)20-10-3-1-2-8(6-10)13(19)11-7-9-4-5-12(11)18-9/h1-3,6,9,11-12,18H,4-5,7H2. The summed E-state index contributed by atoms with van der Waals surface area (Å²) in [6, 6.07) is 5.86. The summed E-state index contributed by atoms with van der Waals surface area (Å²) >= 11 is 0. The number of carbonyl (C=O) groups is 1. The van der Waals surface area contributed by atoms with E-state index in [0.29, 0.717) is 6.04 Å². The highest BCUT2D eigenvalue weighted by Gasteiger charge is 2.43. The van der Waals surface area contributed by atoms with E-state index in [9.17, 15) is 18.0 Å². The van der Waals surface area contributed by atoms with Gasteiger partial charge in [0.05, 0.1) is 0 Å². The van der Waals surface area contributed by atoms with E-state index >= 15 is 0 Å². The summed E-state index contributed by atoms with van der Waals surface area (Å²) in [5.74, 6) is -0.577. The predicted molar refractivity (Wildman–Crippen MR) is 65.5 cm³/mol. The zero-order chi connectivity index (χ0) is 14.3. The Kier molecular flexibility index (Phi) is 3.20. The van der Waals surface area contributed by atoms with Crippen LogP contribution in [0.4, 0.5) is 13.2 Å². The first-order valence-electron chi connectivity index (χ1n) is 6.58. The molecule has 108 valence electrons. The van der Waals surface area contributed by atoms with Crippen LogP contribution in [0.25, 0.3) is 0 Å². The van der Waals surface area contributed by atoms with Crippen molar-refractivity contribution in [1.82, 2.24) is 5.32 Å². The number of ether oxygens (including phenoxy) is 1. The Morgan fingerprint density at radius 1 is 1.30 bits per heavy atom. The molecule has 0 aliphatic carbocycles. The van der Waals surface area contributed by atoms with Crippen molar-refractivity contribution in [2.24, 2.45) is 5.92 Å². The lowest BCUT2D eigenvalue weighted by Gasteiger charge is -2.19. The molecule has 1 aromatic carbocycles. The number of Topliss-reactive ketones (excluding diaryl/α,β-unsaturated/α-hetero) is 1. The van der Waals surface area contributed by atoms with Crippen LogP contribution in [0.1, 0.15) is 29.6 Å². The number of carbonyl (C=O) groups excluding carboxylic acids is 1. The van der Waals surface area contributed by atoms with Crippen LogP contribution in [-0.4, -0.2) is 24.2 Å². The van der Waals surface area contributed by atoms with Gasteiger partial charge in [-0.05, 0) is 31.4 Å². The highest BCUT2D eigenvalue weighted by molar-refractivity contribution is 5.99. The number of alkyl halides is 3. The lowest BCUT2D eigenvalue weighted by Crippen LogP contribution is -2.28. The SMILES string of the molecule is O=C(c1cccc(OC(F)(F)F)c1)C1CC2CCC1N2. The van der Waals surface area contributed by atoms with Crippen LogP contribution in [0.5, 0.6) is 5.75 Å². The average molecular weight is 285 g/mol. The fraction of sp³-hybridized carbons (Fsp3) is 0.500. The lowest BCUT2D eigenvalue weighted by atomic mass is 9.84. The van der Waals surface area contributed by atoms with Crippen LogP contribution in [0.15, 0.2) is 24.3 Å². The summed E-state index contributed by atoms with van der Waals surface area (Å²) in [6.45, 7) is 0. The Balaban J connectivity index is 1.77. The fourth-order valence-electron chi connectivity index (χ4n) is 3.17. The largest absolute Gasteiger partial charge is 0.573 e. The lowest BCUT2D eigenvalue weighted by molar-refractivity contribution is -0.274. The third-order valence-electron chi connectivity index (χ3n) is 3.99. The Labute approximate surface area is 114 Å². The van der Waals surface area contributed by atoms with Crippen molar-refractivity contribution in [3.63, 3.8) is 0 Å². The first-order valence-corrected chi connectivity index (χ1v) is 6.58. The van der Waals surface area contributed by atoms with Crippen LogP contribution >= 0.6 is 0 Å². The number of hydrogen-bond donors (Lipinski definition) is 1. The summed E-state index contributed by atoms with van der Waals surface area (Å²) in [5.41, 5.74) is 0.283. The summed E-state index contributed by atoms with van der Waals surface area (Å²) in [5, 5.41) is 3.35. The first-order chi connectivity index (χ1) is 9.42. The van der Waals surface area contributed by atoms with Crippen LogP contribution < -0.4 is 10.1 Å². The number of hydrogen-bond acceptors (Lipinski definition) is 3. The molecule has 2 aliphatic heterocycles. The Morgan fingerprint density at radius 3 is 2.70 bits per heavy atom. The molecule has 2 saturated heterocycles. The second-order valence-electron chi connectivity index (χ2n) is 5.33. The number of benzene rings is 1. The van der Waals surface area contributed by atoms with Gasteiger partial charge in [-0.2, -0.15) is 0 Å². The summed E-state index contributed by atoms with van der Waals surface area (Å²) < 4.78 is 40.4. The number of halogens is 3. The minimum atomic E-state index is -4.74. The molecule has 2 heterocycles. The third kappa shape index (κ3) is 2.65. The molecule has 3 atom stereocenters. The molecular weight excluding hydrogens is 271 g/mol. The van der Waals surface area contributed by atoms with Gasteiger partial charge in [0.25, 0.3) is 0 Å². The molecule has 3 unspecified atom stereocenters. The van der Waals surface area contributed by atoms with Gasteiger partial charge in [-0.15, -0.1) is 13.2 Å². The van der Waals surface area contributed by atoms with Crippen molar-refractivity contribution >= 4 is 5.78 Å². The molecule has 2 aliphatic rings. The van der Waals surface area contributed by atoms with Crippen molar-refractivity contribution < 1.29 is 22.7 Å². The van der Waals surface area contributed by atoms with Crippen molar-refractivity contribution in [3.8, 4) is 5.75 Å². The van der Waals surface area contributed by atoms with Crippen molar-refractivity contribution in [2.45, 2.75) is 37.7 Å². The first kappa shape index (κ1) is 13.4. The van der Waals surface area contributed by atoms with Gasteiger partial charge in [0.1, 0.15) is 5.75 Å². The van der Waals surface area contributed by atoms with Gasteiger partial charge in [-0.1, -0.05) is 12.1 Å². The van der Waals surface area contributed by atoms with E-state index in [4.69, 9.17) is 0 Å². The van der Waals surface area contributed by atoms with Crippen LogP contribution in [0.2, 0.25) is 0 Å². The number of rotatable bonds is 3. The molecular formula is C14H14F3NO2. The van der Waals surface area contributed by atoms with Gasteiger partial charge >= 0.3 is 6.36 Å². The van der Waals surface area contributed by atoms with Crippen molar-refractivity contribution in [1.29, 1.82) is 0 Å². The Bertz CT molecular complexity index is 529. The topological polar surface area (TPSA) is 38.3 Å².